The monoisotopic (exact) mass is 290 g/mol. The van der Waals surface area contributed by atoms with Gasteiger partial charge in [-0.2, -0.15) is 0 Å². The van der Waals surface area contributed by atoms with E-state index in [-0.39, 0.29) is 10.6 Å². The second-order valence-electron chi connectivity index (χ2n) is 6.14. The Labute approximate surface area is 124 Å². The van der Waals surface area contributed by atoms with Crippen molar-refractivity contribution in [3.8, 4) is 0 Å². The number of nitro groups is 1. The molecule has 0 aromatic heterocycles. The third kappa shape index (κ3) is 2.73. The molecule has 2 aliphatic heterocycles. The summed E-state index contributed by atoms with van der Waals surface area (Å²) in [6.45, 7) is 8.75. The molecule has 1 aromatic carbocycles. The van der Waals surface area contributed by atoms with E-state index in [9.17, 15) is 10.1 Å². The van der Waals surface area contributed by atoms with Crippen LogP contribution < -0.4 is 10.2 Å². The molecule has 0 unspecified atom stereocenters. The summed E-state index contributed by atoms with van der Waals surface area (Å²) >= 11 is 0. The predicted octanol–water partition coefficient (Wildman–Crippen LogP) is 1.47. The molecule has 0 radical (unpaired) electrons. The van der Waals surface area contributed by atoms with Crippen molar-refractivity contribution >= 4 is 11.4 Å². The molecule has 2 aliphatic rings. The number of rotatable bonds is 3. The number of nitro benzene ring substituents is 1. The highest BCUT2D eigenvalue weighted by Gasteiger charge is 2.34. The highest BCUT2D eigenvalue weighted by molar-refractivity contribution is 5.52. The maximum Gasteiger partial charge on any atom is 0.269 e. The van der Waals surface area contributed by atoms with E-state index in [2.05, 4.69) is 29.0 Å². The van der Waals surface area contributed by atoms with Crippen molar-refractivity contribution in [3.05, 3.63) is 34.4 Å². The largest absolute Gasteiger partial charge is 0.364 e. The minimum atomic E-state index is -0.349. The van der Waals surface area contributed by atoms with Gasteiger partial charge in [0, 0.05) is 62.1 Å². The molecule has 3 rings (SSSR count). The van der Waals surface area contributed by atoms with Crippen LogP contribution in [0.5, 0.6) is 0 Å². The van der Waals surface area contributed by atoms with Gasteiger partial charge in [-0.3, -0.25) is 15.0 Å². The average Bonchev–Trinajstić information content (AvgIpc) is 2.36. The topological polar surface area (TPSA) is 61.6 Å². The van der Waals surface area contributed by atoms with Crippen LogP contribution in [-0.4, -0.2) is 54.1 Å². The molecule has 6 nitrogen and oxygen atoms in total. The highest BCUT2D eigenvalue weighted by Crippen LogP contribution is 2.27. The lowest BCUT2D eigenvalue weighted by molar-refractivity contribution is -0.384. The van der Waals surface area contributed by atoms with E-state index in [1.54, 1.807) is 12.1 Å². The Morgan fingerprint density at radius 2 is 1.71 bits per heavy atom. The van der Waals surface area contributed by atoms with Crippen LogP contribution in [0.25, 0.3) is 0 Å². The molecule has 0 bridgehead atoms. The second-order valence-corrected chi connectivity index (χ2v) is 6.14. The Morgan fingerprint density at radius 1 is 1.14 bits per heavy atom. The number of benzene rings is 1. The molecule has 114 valence electrons. The van der Waals surface area contributed by atoms with Crippen LogP contribution in [-0.2, 0) is 0 Å². The van der Waals surface area contributed by atoms with Crippen LogP contribution in [0.3, 0.4) is 0 Å². The van der Waals surface area contributed by atoms with Crippen molar-refractivity contribution in [3.63, 3.8) is 0 Å². The van der Waals surface area contributed by atoms with Gasteiger partial charge in [0.1, 0.15) is 0 Å². The minimum absolute atomic E-state index is 0.151. The third-order valence-electron chi connectivity index (χ3n) is 4.58. The summed E-state index contributed by atoms with van der Waals surface area (Å²) in [7, 11) is 0. The Bertz CT molecular complexity index is 503. The van der Waals surface area contributed by atoms with Crippen molar-refractivity contribution in [1.82, 2.24) is 10.2 Å². The van der Waals surface area contributed by atoms with Gasteiger partial charge in [-0.25, -0.2) is 0 Å². The number of non-ortho nitro benzene ring substituents is 1. The predicted molar refractivity (Wildman–Crippen MR) is 82.7 cm³/mol. The van der Waals surface area contributed by atoms with Gasteiger partial charge in [0.2, 0.25) is 0 Å². The van der Waals surface area contributed by atoms with Crippen LogP contribution in [0, 0.1) is 10.1 Å². The van der Waals surface area contributed by atoms with Gasteiger partial charge in [-0.15, -0.1) is 0 Å². The summed E-state index contributed by atoms with van der Waals surface area (Å²) < 4.78 is 0. The van der Waals surface area contributed by atoms with E-state index in [1.165, 1.54) is 0 Å². The number of anilines is 1. The fourth-order valence-electron chi connectivity index (χ4n) is 3.45. The standard InChI is InChI=1S/C15H22N4O2/c1-11-9-17(15-7-16-8-15)10-12(2)18(11)13-3-5-14(6-4-13)19(20)21/h3-6,11-12,15-16H,7-10H2,1-2H3/t11-,12-/m0/s1. The van der Waals surface area contributed by atoms with Gasteiger partial charge < -0.3 is 10.2 Å². The maximum atomic E-state index is 10.8. The van der Waals surface area contributed by atoms with Crippen molar-refractivity contribution in [2.75, 3.05) is 31.1 Å². The summed E-state index contributed by atoms with van der Waals surface area (Å²) in [5, 5.41) is 14.1. The average molecular weight is 290 g/mol. The van der Waals surface area contributed by atoms with E-state index in [0.29, 0.717) is 18.1 Å². The summed E-state index contributed by atoms with van der Waals surface area (Å²) in [6.07, 6.45) is 0. The molecular weight excluding hydrogens is 268 g/mol. The lowest BCUT2D eigenvalue weighted by atomic mass is 10.0. The van der Waals surface area contributed by atoms with Gasteiger partial charge in [-0.05, 0) is 26.0 Å². The summed E-state index contributed by atoms with van der Waals surface area (Å²) in [5.74, 6) is 0. The molecule has 1 N–H and O–H groups in total. The van der Waals surface area contributed by atoms with Gasteiger partial charge in [0.15, 0.2) is 0 Å². The minimum Gasteiger partial charge on any atom is -0.364 e. The second kappa shape index (κ2) is 5.61. The molecule has 2 fully saturated rings. The SMILES string of the molecule is C[C@H]1CN(C2CNC2)C[C@H](C)N1c1ccc([N+](=O)[O-])cc1. The number of nitrogens with zero attached hydrogens (tertiary/aromatic N) is 3. The lowest BCUT2D eigenvalue weighted by Gasteiger charge is -2.50. The van der Waals surface area contributed by atoms with Crippen molar-refractivity contribution in [2.24, 2.45) is 0 Å². The summed E-state index contributed by atoms with van der Waals surface area (Å²) in [4.78, 5) is 15.3. The smallest absolute Gasteiger partial charge is 0.269 e. The molecule has 0 amide bonds. The number of hydrogen-bond acceptors (Lipinski definition) is 5. The molecule has 6 heteroatoms. The molecule has 2 saturated heterocycles. The van der Waals surface area contributed by atoms with E-state index in [4.69, 9.17) is 0 Å². The summed E-state index contributed by atoms with van der Waals surface area (Å²) in [6, 6.07) is 8.42. The van der Waals surface area contributed by atoms with Gasteiger partial charge in [-0.1, -0.05) is 0 Å². The van der Waals surface area contributed by atoms with Crippen molar-refractivity contribution in [2.45, 2.75) is 32.0 Å². The molecule has 2 atom stereocenters. The van der Waals surface area contributed by atoms with Crippen molar-refractivity contribution < 1.29 is 4.92 Å². The number of piperazine rings is 1. The van der Waals surface area contributed by atoms with E-state index < -0.39 is 0 Å². The normalized spacial score (nSPS) is 27.4. The van der Waals surface area contributed by atoms with Crippen LogP contribution >= 0.6 is 0 Å². The first kappa shape index (κ1) is 14.3. The number of hydrogen-bond donors (Lipinski definition) is 1. The Balaban J connectivity index is 1.74. The molecule has 0 spiro atoms. The van der Waals surface area contributed by atoms with Gasteiger partial charge in [0.05, 0.1) is 4.92 Å². The molecule has 1 aromatic rings. The molecule has 0 saturated carbocycles. The Hall–Kier alpha value is -1.66. The fourth-order valence-corrected chi connectivity index (χ4v) is 3.45. The zero-order valence-corrected chi connectivity index (χ0v) is 12.5. The molecule has 0 aliphatic carbocycles. The van der Waals surface area contributed by atoms with Crippen LogP contribution in [0.2, 0.25) is 0 Å². The van der Waals surface area contributed by atoms with E-state index in [1.807, 2.05) is 12.1 Å². The van der Waals surface area contributed by atoms with E-state index in [0.717, 1.165) is 31.9 Å². The van der Waals surface area contributed by atoms with Gasteiger partial charge >= 0.3 is 0 Å². The Kier molecular flexibility index (Phi) is 3.82. The maximum absolute atomic E-state index is 10.8. The molecular formula is C15H22N4O2. The zero-order valence-electron chi connectivity index (χ0n) is 12.5. The first-order valence-corrected chi connectivity index (χ1v) is 7.54. The Morgan fingerprint density at radius 3 is 2.14 bits per heavy atom. The quantitative estimate of drug-likeness (QED) is 0.674. The van der Waals surface area contributed by atoms with Gasteiger partial charge in [0.25, 0.3) is 5.69 Å². The lowest BCUT2D eigenvalue weighted by Crippen LogP contribution is -2.65. The van der Waals surface area contributed by atoms with Crippen LogP contribution in [0.4, 0.5) is 11.4 Å². The molecule has 2 heterocycles. The highest BCUT2D eigenvalue weighted by atomic mass is 16.6. The first-order chi connectivity index (χ1) is 10.1. The van der Waals surface area contributed by atoms with Crippen LogP contribution in [0.1, 0.15) is 13.8 Å². The summed E-state index contributed by atoms with van der Waals surface area (Å²) in [5.41, 5.74) is 1.23. The van der Waals surface area contributed by atoms with E-state index >= 15 is 0 Å². The third-order valence-corrected chi connectivity index (χ3v) is 4.58. The zero-order chi connectivity index (χ0) is 15.0. The van der Waals surface area contributed by atoms with Crippen LogP contribution in [0.15, 0.2) is 24.3 Å². The van der Waals surface area contributed by atoms with Crippen molar-refractivity contribution in [1.29, 1.82) is 0 Å². The fraction of sp³-hybridized carbons (Fsp3) is 0.600. The number of nitrogens with one attached hydrogen (secondary N) is 1. The first-order valence-electron chi connectivity index (χ1n) is 7.54. The molecule has 21 heavy (non-hydrogen) atoms.